The molecule has 29 heavy (non-hydrogen) atoms. The van der Waals surface area contributed by atoms with Gasteiger partial charge in [0.05, 0.1) is 19.7 Å². The Morgan fingerprint density at radius 3 is 2.45 bits per heavy atom. The Balaban J connectivity index is 1.48. The second kappa shape index (κ2) is 10.3. The Morgan fingerprint density at radius 2 is 1.69 bits per heavy atom. The lowest BCUT2D eigenvalue weighted by Gasteiger charge is -2.13. The van der Waals surface area contributed by atoms with E-state index < -0.39 is 0 Å². The predicted octanol–water partition coefficient (Wildman–Crippen LogP) is 3.20. The Kier molecular flexibility index (Phi) is 7.28. The topological polar surface area (TPSA) is 67.8 Å². The number of fused-ring (bicyclic) bond motifs is 1. The fourth-order valence-electron chi connectivity index (χ4n) is 3.27. The van der Waals surface area contributed by atoms with Crippen molar-refractivity contribution in [1.29, 1.82) is 0 Å². The molecule has 0 amide bonds. The van der Waals surface area contributed by atoms with Crippen molar-refractivity contribution in [3.63, 3.8) is 0 Å². The van der Waals surface area contributed by atoms with Gasteiger partial charge in [-0.3, -0.25) is 9.98 Å². The van der Waals surface area contributed by atoms with Crippen LogP contribution >= 0.6 is 0 Å². The van der Waals surface area contributed by atoms with Gasteiger partial charge in [0, 0.05) is 31.7 Å². The minimum absolute atomic E-state index is 0.740. The van der Waals surface area contributed by atoms with Gasteiger partial charge in [-0.1, -0.05) is 30.3 Å². The standard InChI is InChI=1S/C23H28N4O2/c1-24-23(26-14-11-17-9-10-20(28-2)21(16-17)29-3)27-15-12-19-7-4-6-18-8-5-13-25-22(18)19/h4-10,13,16H,11-12,14-15H2,1-3H3,(H2,24,26,27). The van der Waals surface area contributed by atoms with Gasteiger partial charge in [0.15, 0.2) is 17.5 Å². The van der Waals surface area contributed by atoms with Gasteiger partial charge in [0.1, 0.15) is 0 Å². The van der Waals surface area contributed by atoms with Gasteiger partial charge in [-0.2, -0.15) is 0 Å². The van der Waals surface area contributed by atoms with E-state index >= 15 is 0 Å². The van der Waals surface area contributed by atoms with Gasteiger partial charge in [0.2, 0.25) is 0 Å². The van der Waals surface area contributed by atoms with Gasteiger partial charge in [-0.05, 0) is 42.2 Å². The zero-order valence-corrected chi connectivity index (χ0v) is 17.2. The van der Waals surface area contributed by atoms with Crippen molar-refractivity contribution in [2.45, 2.75) is 12.8 Å². The molecule has 0 aliphatic rings. The van der Waals surface area contributed by atoms with Crippen molar-refractivity contribution in [3.8, 4) is 11.5 Å². The van der Waals surface area contributed by atoms with E-state index in [2.05, 4.69) is 44.9 Å². The van der Waals surface area contributed by atoms with Crippen LogP contribution in [0.1, 0.15) is 11.1 Å². The summed E-state index contributed by atoms with van der Waals surface area (Å²) in [6.45, 7) is 1.55. The minimum atomic E-state index is 0.740. The molecular weight excluding hydrogens is 364 g/mol. The average molecular weight is 393 g/mol. The number of benzene rings is 2. The number of aliphatic imine (C=N–C) groups is 1. The highest BCUT2D eigenvalue weighted by Gasteiger charge is 2.06. The molecule has 0 aliphatic carbocycles. The summed E-state index contributed by atoms with van der Waals surface area (Å²) < 4.78 is 10.6. The Labute approximate surface area is 172 Å². The minimum Gasteiger partial charge on any atom is -0.493 e. The molecule has 0 saturated carbocycles. The van der Waals surface area contributed by atoms with Crippen molar-refractivity contribution in [2.75, 3.05) is 34.4 Å². The van der Waals surface area contributed by atoms with E-state index in [0.717, 1.165) is 48.9 Å². The van der Waals surface area contributed by atoms with E-state index in [9.17, 15) is 0 Å². The summed E-state index contributed by atoms with van der Waals surface area (Å²) in [4.78, 5) is 8.82. The summed E-state index contributed by atoms with van der Waals surface area (Å²) in [6.07, 6.45) is 3.58. The maximum Gasteiger partial charge on any atom is 0.190 e. The molecule has 0 spiro atoms. The fourth-order valence-corrected chi connectivity index (χ4v) is 3.27. The van der Waals surface area contributed by atoms with E-state index in [0.29, 0.717) is 0 Å². The molecule has 0 saturated heterocycles. The molecular formula is C23H28N4O2. The number of pyridine rings is 1. The Bertz CT molecular complexity index is 967. The molecule has 1 heterocycles. The van der Waals surface area contributed by atoms with Crippen molar-refractivity contribution in [3.05, 3.63) is 65.9 Å². The number of hydrogen-bond donors (Lipinski definition) is 2. The maximum atomic E-state index is 5.36. The Morgan fingerprint density at radius 1 is 0.931 bits per heavy atom. The number of methoxy groups -OCH3 is 2. The first-order valence-electron chi connectivity index (χ1n) is 9.73. The normalized spacial score (nSPS) is 11.3. The number of hydrogen-bond acceptors (Lipinski definition) is 4. The summed E-state index contributed by atoms with van der Waals surface area (Å²) in [5.41, 5.74) is 3.47. The lowest BCUT2D eigenvalue weighted by molar-refractivity contribution is 0.354. The van der Waals surface area contributed by atoms with Crippen LogP contribution in [0.15, 0.2) is 59.7 Å². The van der Waals surface area contributed by atoms with Gasteiger partial charge >= 0.3 is 0 Å². The van der Waals surface area contributed by atoms with Crippen LogP contribution in [-0.4, -0.2) is 45.3 Å². The molecule has 2 aromatic carbocycles. The summed E-state index contributed by atoms with van der Waals surface area (Å²) in [5, 5.41) is 7.90. The van der Waals surface area contributed by atoms with Gasteiger partial charge in [-0.25, -0.2) is 0 Å². The van der Waals surface area contributed by atoms with Gasteiger partial charge < -0.3 is 20.1 Å². The van der Waals surface area contributed by atoms with Crippen LogP contribution in [0.5, 0.6) is 11.5 Å². The van der Waals surface area contributed by atoms with E-state index in [1.807, 2.05) is 30.5 Å². The van der Waals surface area contributed by atoms with E-state index in [-0.39, 0.29) is 0 Å². The second-order valence-electron chi connectivity index (χ2n) is 6.61. The zero-order valence-electron chi connectivity index (χ0n) is 17.2. The summed E-state index contributed by atoms with van der Waals surface area (Å²) in [5.74, 6) is 2.28. The third-order valence-electron chi connectivity index (χ3n) is 4.78. The first-order chi connectivity index (χ1) is 14.2. The monoisotopic (exact) mass is 392 g/mol. The smallest absolute Gasteiger partial charge is 0.190 e. The average Bonchev–Trinajstić information content (AvgIpc) is 2.78. The van der Waals surface area contributed by atoms with Crippen molar-refractivity contribution in [1.82, 2.24) is 15.6 Å². The molecule has 3 rings (SSSR count). The lowest BCUT2D eigenvalue weighted by atomic mass is 10.1. The van der Waals surface area contributed by atoms with Crippen molar-refractivity contribution < 1.29 is 9.47 Å². The van der Waals surface area contributed by atoms with Crippen LogP contribution < -0.4 is 20.1 Å². The highest BCUT2D eigenvalue weighted by molar-refractivity contribution is 5.82. The largest absolute Gasteiger partial charge is 0.493 e. The number of ether oxygens (including phenoxy) is 2. The number of rotatable bonds is 8. The number of aromatic nitrogens is 1. The van der Waals surface area contributed by atoms with E-state index in [1.54, 1.807) is 21.3 Å². The molecule has 0 radical (unpaired) electrons. The van der Waals surface area contributed by atoms with Crippen LogP contribution in [0.2, 0.25) is 0 Å². The molecule has 152 valence electrons. The Hall–Kier alpha value is -3.28. The van der Waals surface area contributed by atoms with E-state index in [1.165, 1.54) is 16.5 Å². The molecule has 0 unspecified atom stereocenters. The van der Waals surface area contributed by atoms with E-state index in [4.69, 9.17) is 9.47 Å². The molecule has 0 atom stereocenters. The second-order valence-corrected chi connectivity index (χ2v) is 6.61. The molecule has 2 N–H and O–H groups in total. The molecule has 0 aliphatic heterocycles. The predicted molar refractivity (Wildman–Crippen MR) is 118 cm³/mol. The first-order valence-corrected chi connectivity index (χ1v) is 9.73. The summed E-state index contributed by atoms with van der Waals surface area (Å²) >= 11 is 0. The molecule has 6 heteroatoms. The molecule has 6 nitrogen and oxygen atoms in total. The molecule has 0 bridgehead atoms. The third kappa shape index (κ3) is 5.38. The zero-order chi connectivity index (χ0) is 20.5. The maximum absolute atomic E-state index is 5.36. The van der Waals surface area contributed by atoms with Crippen molar-refractivity contribution in [2.24, 2.45) is 4.99 Å². The molecule has 3 aromatic rings. The van der Waals surface area contributed by atoms with Crippen LogP contribution in [-0.2, 0) is 12.8 Å². The summed E-state index contributed by atoms with van der Waals surface area (Å²) in [7, 11) is 5.07. The number of para-hydroxylation sites is 1. The third-order valence-corrected chi connectivity index (χ3v) is 4.78. The van der Waals surface area contributed by atoms with Crippen LogP contribution in [0.4, 0.5) is 0 Å². The van der Waals surface area contributed by atoms with Crippen LogP contribution in [0, 0.1) is 0 Å². The van der Waals surface area contributed by atoms with Gasteiger partial charge in [-0.15, -0.1) is 0 Å². The highest BCUT2D eigenvalue weighted by Crippen LogP contribution is 2.27. The molecule has 1 aromatic heterocycles. The molecule has 0 fully saturated rings. The SMILES string of the molecule is CN=C(NCCc1ccc(OC)c(OC)c1)NCCc1cccc2cccnc12. The number of nitrogens with zero attached hydrogens (tertiary/aromatic N) is 2. The van der Waals surface area contributed by atoms with Crippen molar-refractivity contribution >= 4 is 16.9 Å². The quantitative estimate of drug-likeness (QED) is 0.455. The lowest BCUT2D eigenvalue weighted by Crippen LogP contribution is -2.39. The van der Waals surface area contributed by atoms with Crippen LogP contribution in [0.3, 0.4) is 0 Å². The number of nitrogens with one attached hydrogen (secondary N) is 2. The highest BCUT2D eigenvalue weighted by atomic mass is 16.5. The summed E-state index contributed by atoms with van der Waals surface area (Å²) in [6, 6.07) is 16.3. The first kappa shape index (κ1) is 20.5. The fraction of sp³-hybridized carbons (Fsp3) is 0.304. The van der Waals surface area contributed by atoms with Crippen LogP contribution in [0.25, 0.3) is 10.9 Å². The number of guanidine groups is 1. The van der Waals surface area contributed by atoms with Gasteiger partial charge in [0.25, 0.3) is 0 Å².